The van der Waals surface area contributed by atoms with Crippen LogP contribution in [0.1, 0.15) is 0 Å². The van der Waals surface area contributed by atoms with E-state index in [1.54, 1.807) is 18.2 Å². The molecule has 1 aromatic carbocycles. The van der Waals surface area contributed by atoms with Crippen LogP contribution in [0.25, 0.3) is 0 Å². The van der Waals surface area contributed by atoms with Crippen LogP contribution in [0, 0.1) is 0 Å². The van der Waals surface area contributed by atoms with E-state index in [-0.39, 0.29) is 26.4 Å². The number of hydrogen-bond donors (Lipinski definition) is 0. The van der Waals surface area contributed by atoms with Gasteiger partial charge >= 0.3 is 18.0 Å². The fraction of sp³-hybridized carbons (Fsp3) is 0.389. The lowest BCUT2D eigenvalue weighted by Crippen LogP contribution is -2.48. The Morgan fingerprint density at radius 1 is 1.03 bits per heavy atom. The van der Waals surface area contributed by atoms with E-state index in [4.69, 9.17) is 37.5 Å². The quantitative estimate of drug-likeness (QED) is 0.594. The number of rotatable bonds is 7. The highest BCUT2D eigenvalue weighted by atomic mass is 35.5. The Kier molecular flexibility index (Phi) is 8.56. The van der Waals surface area contributed by atoms with Gasteiger partial charge in [0.05, 0.1) is 6.54 Å². The average molecular weight is 446 g/mol. The predicted octanol–water partition coefficient (Wildman–Crippen LogP) is 2.19. The molecule has 0 spiro atoms. The molecule has 0 aliphatic carbocycles. The molecule has 0 saturated heterocycles. The number of cyclic esters (lactones) is 1. The molecule has 0 radical (unpaired) electrons. The Morgan fingerprint density at radius 3 is 2.34 bits per heavy atom. The lowest BCUT2D eigenvalue weighted by molar-refractivity contribution is -0.176. The molecule has 2 rings (SSSR count). The molecule has 0 atom stereocenters. The zero-order valence-electron chi connectivity index (χ0n) is 16.0. The number of nitrogens with zero attached hydrogens (tertiary/aromatic N) is 3. The summed E-state index contributed by atoms with van der Waals surface area (Å²) in [6.45, 7) is 0.407. The molecule has 1 aliphatic rings. The largest absolute Gasteiger partial charge is 0.491 e. The van der Waals surface area contributed by atoms with Crippen molar-refractivity contribution in [3.05, 3.63) is 40.4 Å². The Bertz CT molecular complexity index is 767. The molecule has 11 heteroatoms. The number of amides is 2. The maximum absolute atomic E-state index is 12.8. The lowest BCUT2D eigenvalue weighted by Gasteiger charge is -2.29. The number of hydrogen-bond acceptors (Lipinski definition) is 7. The van der Waals surface area contributed by atoms with Crippen LogP contribution in [0.2, 0.25) is 10.0 Å². The van der Waals surface area contributed by atoms with Crippen LogP contribution in [0.15, 0.2) is 30.4 Å². The van der Waals surface area contributed by atoms with Crippen molar-refractivity contribution >= 4 is 41.2 Å². The molecular weight excluding hydrogens is 425 g/mol. The van der Waals surface area contributed by atoms with Gasteiger partial charge in [-0.05, 0) is 32.3 Å². The number of carbonyl (C=O) groups excluding carboxylic acids is 3. The summed E-state index contributed by atoms with van der Waals surface area (Å²) in [6.07, 6.45) is 1.82. The summed E-state index contributed by atoms with van der Waals surface area (Å²) in [4.78, 5) is 44.5. The van der Waals surface area contributed by atoms with E-state index >= 15 is 0 Å². The Hall–Kier alpha value is -2.49. The average Bonchev–Trinajstić information content (AvgIpc) is 2.63. The van der Waals surface area contributed by atoms with Crippen molar-refractivity contribution in [2.24, 2.45) is 0 Å². The minimum Gasteiger partial charge on any atom is -0.491 e. The van der Waals surface area contributed by atoms with Crippen LogP contribution in [0.3, 0.4) is 0 Å². The molecule has 0 saturated carbocycles. The molecule has 0 unspecified atom stereocenters. The van der Waals surface area contributed by atoms with Crippen LogP contribution < -0.4 is 4.74 Å². The normalized spacial score (nSPS) is 16.5. The Labute approximate surface area is 178 Å². The third-order valence-electron chi connectivity index (χ3n) is 3.62. The molecule has 0 aromatic heterocycles. The predicted molar refractivity (Wildman–Crippen MR) is 106 cm³/mol. The summed E-state index contributed by atoms with van der Waals surface area (Å²) in [5, 5.41) is 1.65. The van der Waals surface area contributed by atoms with E-state index in [9.17, 15) is 14.4 Å². The minimum atomic E-state index is -0.893. The number of ether oxygens (including phenoxy) is 2. The van der Waals surface area contributed by atoms with Crippen LogP contribution >= 0.6 is 23.2 Å². The minimum absolute atomic E-state index is 0.000708. The highest BCUT2D eigenvalue weighted by molar-refractivity contribution is 6.34. The van der Waals surface area contributed by atoms with Crippen molar-refractivity contribution in [1.29, 1.82) is 0 Å². The summed E-state index contributed by atoms with van der Waals surface area (Å²) < 4.78 is 10.5. The van der Waals surface area contributed by atoms with Gasteiger partial charge in [-0.15, -0.1) is 5.06 Å². The molecule has 29 heavy (non-hydrogen) atoms. The van der Waals surface area contributed by atoms with E-state index in [0.717, 1.165) is 17.2 Å². The van der Waals surface area contributed by atoms with E-state index < -0.39 is 18.0 Å². The standard InChI is InChI=1S/C18H21Cl2N3O6/c1-21(2)5-6-22-12-28-16(24)3-4-17(25)29-23(18(22)26)7-8-27-15-10-13(19)9-14(20)11-15/h3-4,9-11H,5-8,12H2,1-2H3/b4-3-. The second-order valence-electron chi connectivity index (χ2n) is 6.24. The van der Waals surface area contributed by atoms with Crippen molar-refractivity contribution in [2.45, 2.75) is 0 Å². The van der Waals surface area contributed by atoms with Crippen LogP contribution in [-0.4, -0.2) is 79.9 Å². The zero-order chi connectivity index (χ0) is 21.4. The molecule has 9 nitrogen and oxygen atoms in total. The number of urea groups is 1. The molecular formula is C18H21Cl2N3O6. The van der Waals surface area contributed by atoms with Gasteiger partial charge in [-0.2, -0.15) is 0 Å². The number of esters is 1. The van der Waals surface area contributed by atoms with Crippen molar-refractivity contribution in [3.8, 4) is 5.75 Å². The zero-order valence-corrected chi connectivity index (χ0v) is 17.5. The van der Waals surface area contributed by atoms with Gasteiger partial charge in [-0.25, -0.2) is 14.4 Å². The van der Waals surface area contributed by atoms with Crippen molar-refractivity contribution in [3.63, 3.8) is 0 Å². The first-order valence-electron chi connectivity index (χ1n) is 8.61. The first-order chi connectivity index (χ1) is 13.7. The summed E-state index contributed by atoms with van der Waals surface area (Å²) in [5.41, 5.74) is 0. The summed E-state index contributed by atoms with van der Waals surface area (Å²) >= 11 is 11.9. The van der Waals surface area contributed by atoms with Gasteiger partial charge in [0, 0.05) is 35.3 Å². The SMILES string of the molecule is CN(C)CCN1COC(=O)/C=C\C(=O)ON(CCOc2cc(Cl)cc(Cl)c2)C1=O. The van der Waals surface area contributed by atoms with Crippen LogP contribution in [0.4, 0.5) is 4.79 Å². The maximum Gasteiger partial charge on any atom is 0.356 e. The molecule has 0 bridgehead atoms. The first kappa shape index (κ1) is 22.8. The van der Waals surface area contributed by atoms with Gasteiger partial charge in [-0.3, -0.25) is 4.90 Å². The topological polar surface area (TPSA) is 88.6 Å². The van der Waals surface area contributed by atoms with Crippen molar-refractivity contribution in [2.75, 3.05) is 47.1 Å². The van der Waals surface area contributed by atoms with E-state index in [1.807, 2.05) is 19.0 Å². The summed E-state index contributed by atoms with van der Waals surface area (Å²) in [6, 6.07) is 4.05. The Morgan fingerprint density at radius 2 is 1.69 bits per heavy atom. The molecule has 158 valence electrons. The highest BCUT2D eigenvalue weighted by Crippen LogP contribution is 2.24. The van der Waals surface area contributed by atoms with Crippen molar-refractivity contribution in [1.82, 2.24) is 14.9 Å². The number of hydroxylamine groups is 2. The second-order valence-corrected chi connectivity index (χ2v) is 7.11. The monoisotopic (exact) mass is 445 g/mol. The highest BCUT2D eigenvalue weighted by Gasteiger charge is 2.26. The van der Waals surface area contributed by atoms with Gasteiger partial charge in [0.2, 0.25) is 0 Å². The lowest BCUT2D eigenvalue weighted by atomic mass is 10.3. The third kappa shape index (κ3) is 7.80. The molecule has 0 fully saturated rings. The molecule has 1 aliphatic heterocycles. The number of likely N-dealkylation sites (N-methyl/N-ethyl adjacent to an activating group) is 1. The van der Waals surface area contributed by atoms with Gasteiger partial charge in [0.15, 0.2) is 6.73 Å². The molecule has 0 N–H and O–H groups in total. The number of halogens is 2. The van der Waals surface area contributed by atoms with Gasteiger partial charge in [0.25, 0.3) is 0 Å². The molecule has 2 amide bonds. The second kappa shape index (κ2) is 10.9. The van der Waals surface area contributed by atoms with Crippen molar-refractivity contribution < 1.29 is 28.7 Å². The summed E-state index contributed by atoms with van der Waals surface area (Å²) in [5.74, 6) is -1.24. The Balaban J connectivity index is 2.09. The smallest absolute Gasteiger partial charge is 0.356 e. The fourth-order valence-corrected chi connectivity index (χ4v) is 2.70. The molecule has 1 heterocycles. The molecule has 1 aromatic rings. The van der Waals surface area contributed by atoms with E-state index in [1.165, 1.54) is 4.90 Å². The van der Waals surface area contributed by atoms with Gasteiger partial charge in [-0.1, -0.05) is 23.2 Å². The third-order valence-corrected chi connectivity index (χ3v) is 4.05. The summed E-state index contributed by atoms with van der Waals surface area (Å²) in [7, 11) is 3.67. The number of benzene rings is 1. The first-order valence-corrected chi connectivity index (χ1v) is 9.37. The fourth-order valence-electron chi connectivity index (χ4n) is 2.20. The maximum atomic E-state index is 12.8. The van der Waals surface area contributed by atoms with Gasteiger partial charge in [0.1, 0.15) is 12.4 Å². The van der Waals surface area contributed by atoms with E-state index in [0.29, 0.717) is 22.3 Å². The van der Waals surface area contributed by atoms with E-state index in [2.05, 4.69) is 0 Å². The van der Waals surface area contributed by atoms with Gasteiger partial charge < -0.3 is 19.2 Å². The number of carbonyl (C=O) groups is 3. The van der Waals surface area contributed by atoms with Crippen LogP contribution in [-0.2, 0) is 19.2 Å². The van der Waals surface area contributed by atoms with Crippen LogP contribution in [0.5, 0.6) is 5.75 Å².